The molecule has 0 aliphatic heterocycles. The van der Waals surface area contributed by atoms with Gasteiger partial charge >= 0.3 is 5.69 Å². The molecule has 1 aromatic carbocycles. The van der Waals surface area contributed by atoms with Crippen molar-refractivity contribution in [3.05, 3.63) is 38.4 Å². The van der Waals surface area contributed by atoms with Crippen LogP contribution >= 0.6 is 23.2 Å². The van der Waals surface area contributed by atoms with Gasteiger partial charge in [0.15, 0.2) is 5.82 Å². The Morgan fingerprint density at radius 1 is 1.47 bits per heavy atom. The Labute approximate surface area is 91.5 Å². The molecule has 1 rings (SSSR count). The first kappa shape index (κ1) is 11.8. The van der Waals surface area contributed by atoms with Crippen LogP contribution in [-0.2, 0) is 0 Å². The minimum Gasteiger partial charge on any atom is -0.276 e. The van der Waals surface area contributed by atoms with Crippen LogP contribution < -0.4 is 0 Å². The zero-order valence-corrected chi connectivity index (χ0v) is 8.27. The normalized spacial score (nSPS) is 10.1. The van der Waals surface area contributed by atoms with Crippen molar-refractivity contribution in [1.29, 1.82) is 0 Å². The number of carbonyl (C=O) groups is 1. The number of rotatable bonds is 2. The molecule has 4 nitrogen and oxygen atoms in total. The summed E-state index contributed by atoms with van der Waals surface area (Å²) in [5, 5.41) is 8.30. The van der Waals surface area contributed by atoms with Crippen LogP contribution in [-0.4, -0.2) is 10.2 Å². The van der Waals surface area contributed by atoms with E-state index in [9.17, 15) is 23.7 Å². The van der Waals surface area contributed by atoms with Crippen molar-refractivity contribution < 1.29 is 18.5 Å². The maximum Gasteiger partial charge on any atom is 0.327 e. The van der Waals surface area contributed by atoms with Gasteiger partial charge in [-0.15, -0.1) is 0 Å². The Kier molecular flexibility index (Phi) is 3.21. The summed E-state index contributed by atoms with van der Waals surface area (Å²) >= 11 is 10.3. The zero-order chi connectivity index (χ0) is 11.7. The Balaban J connectivity index is 3.63. The van der Waals surface area contributed by atoms with Gasteiger partial charge in [-0.1, -0.05) is 11.6 Å². The fraction of sp³-hybridized carbons (Fsp3) is 0. The minimum atomic E-state index is -1.73. The third-order valence-electron chi connectivity index (χ3n) is 1.53. The minimum absolute atomic E-state index is 0.403. The summed E-state index contributed by atoms with van der Waals surface area (Å²) in [4.78, 5) is 19.8. The molecule has 0 atom stereocenters. The van der Waals surface area contributed by atoms with Gasteiger partial charge in [-0.3, -0.25) is 14.9 Å². The first-order valence-electron chi connectivity index (χ1n) is 3.38. The molecule has 0 heterocycles. The fourth-order valence-electron chi connectivity index (χ4n) is 0.894. The van der Waals surface area contributed by atoms with Crippen molar-refractivity contribution in [2.75, 3.05) is 0 Å². The Morgan fingerprint density at radius 2 is 2.00 bits per heavy atom. The van der Waals surface area contributed by atoms with E-state index < -0.39 is 38.1 Å². The molecule has 0 aliphatic rings. The van der Waals surface area contributed by atoms with Gasteiger partial charge in [-0.05, 0) is 17.7 Å². The lowest BCUT2D eigenvalue weighted by molar-refractivity contribution is -0.387. The SMILES string of the molecule is O=C(Cl)c1cc(F)c(F)c([N+](=O)[O-])c1Cl. The molecule has 0 unspecified atom stereocenters. The van der Waals surface area contributed by atoms with Crippen molar-refractivity contribution in [3.8, 4) is 0 Å². The molecule has 0 saturated carbocycles. The first-order valence-corrected chi connectivity index (χ1v) is 4.13. The van der Waals surface area contributed by atoms with Crippen LogP contribution in [0, 0.1) is 21.7 Å². The van der Waals surface area contributed by atoms with E-state index in [0.717, 1.165) is 0 Å². The van der Waals surface area contributed by atoms with Gasteiger partial charge in [0.2, 0.25) is 5.82 Å². The molecule has 8 heteroatoms. The topological polar surface area (TPSA) is 60.2 Å². The third kappa shape index (κ3) is 2.05. The standard InChI is InChI=1S/C7HCl2F2NO3/c8-4-2(7(9)13)1-3(10)5(11)6(4)12(14)15/h1H. The van der Waals surface area contributed by atoms with E-state index in [1.807, 2.05) is 0 Å². The number of nitro benzene ring substituents is 1. The van der Waals surface area contributed by atoms with Gasteiger partial charge in [0.05, 0.1) is 10.5 Å². The van der Waals surface area contributed by atoms with Crippen LogP contribution in [0.5, 0.6) is 0 Å². The summed E-state index contributed by atoms with van der Waals surface area (Å²) in [5.74, 6) is -3.29. The van der Waals surface area contributed by atoms with Gasteiger partial charge in [-0.25, -0.2) is 4.39 Å². The summed E-state index contributed by atoms with van der Waals surface area (Å²) in [7, 11) is 0. The molecule has 0 amide bonds. The molecule has 15 heavy (non-hydrogen) atoms. The predicted molar refractivity (Wildman–Crippen MR) is 48.2 cm³/mol. The second-order valence-electron chi connectivity index (χ2n) is 2.41. The summed E-state index contributed by atoms with van der Waals surface area (Å²) in [6.07, 6.45) is 0. The molecule has 0 radical (unpaired) electrons. The molecule has 80 valence electrons. The highest BCUT2D eigenvalue weighted by Gasteiger charge is 2.28. The van der Waals surface area contributed by atoms with Crippen LogP contribution in [0.4, 0.5) is 14.5 Å². The number of hydrogen-bond acceptors (Lipinski definition) is 3. The molecule has 0 spiro atoms. The number of benzene rings is 1. The van der Waals surface area contributed by atoms with Crippen LogP contribution in [0.25, 0.3) is 0 Å². The predicted octanol–water partition coefficient (Wildman–Crippen LogP) is 2.91. The van der Waals surface area contributed by atoms with E-state index in [4.69, 9.17) is 23.2 Å². The fourth-order valence-corrected chi connectivity index (χ4v) is 1.38. The van der Waals surface area contributed by atoms with Crippen LogP contribution in [0.15, 0.2) is 6.07 Å². The third-order valence-corrected chi connectivity index (χ3v) is 2.11. The number of hydrogen-bond donors (Lipinski definition) is 0. The van der Waals surface area contributed by atoms with E-state index in [1.54, 1.807) is 0 Å². The zero-order valence-electron chi connectivity index (χ0n) is 6.76. The molecule has 0 saturated heterocycles. The van der Waals surface area contributed by atoms with Crippen molar-refractivity contribution in [2.24, 2.45) is 0 Å². The highest BCUT2D eigenvalue weighted by atomic mass is 35.5. The molecule has 0 aliphatic carbocycles. The van der Waals surface area contributed by atoms with Crippen molar-refractivity contribution in [2.45, 2.75) is 0 Å². The van der Waals surface area contributed by atoms with Crippen LogP contribution in [0.3, 0.4) is 0 Å². The van der Waals surface area contributed by atoms with Gasteiger partial charge in [0, 0.05) is 0 Å². The first-order chi connectivity index (χ1) is 6.86. The number of nitrogens with zero attached hydrogens (tertiary/aromatic N) is 1. The van der Waals surface area contributed by atoms with Gasteiger partial charge in [0.1, 0.15) is 5.02 Å². The quantitative estimate of drug-likeness (QED) is 0.353. The van der Waals surface area contributed by atoms with Gasteiger partial charge in [-0.2, -0.15) is 4.39 Å². The summed E-state index contributed by atoms with van der Waals surface area (Å²) in [6, 6.07) is 0.403. The molecule has 0 N–H and O–H groups in total. The molecular weight excluding hydrogens is 255 g/mol. The molecule has 0 aromatic heterocycles. The molecule has 0 bridgehead atoms. The Hall–Kier alpha value is -1.27. The van der Waals surface area contributed by atoms with Crippen molar-refractivity contribution in [1.82, 2.24) is 0 Å². The highest BCUT2D eigenvalue weighted by molar-refractivity contribution is 6.68. The smallest absolute Gasteiger partial charge is 0.276 e. The molecule has 1 aromatic rings. The monoisotopic (exact) mass is 255 g/mol. The van der Waals surface area contributed by atoms with E-state index in [2.05, 4.69) is 0 Å². The summed E-state index contributed by atoms with van der Waals surface area (Å²) in [5.41, 5.74) is -1.95. The van der Waals surface area contributed by atoms with E-state index in [1.165, 1.54) is 0 Å². The van der Waals surface area contributed by atoms with E-state index >= 15 is 0 Å². The second kappa shape index (κ2) is 4.08. The van der Waals surface area contributed by atoms with Crippen LogP contribution in [0.1, 0.15) is 10.4 Å². The Bertz CT molecular complexity index is 464. The lowest BCUT2D eigenvalue weighted by Crippen LogP contribution is -2.02. The maximum atomic E-state index is 12.9. The average Bonchev–Trinajstić information content (AvgIpc) is 2.10. The lowest BCUT2D eigenvalue weighted by Gasteiger charge is -2.01. The van der Waals surface area contributed by atoms with E-state index in [0.29, 0.717) is 6.07 Å². The van der Waals surface area contributed by atoms with E-state index in [-0.39, 0.29) is 0 Å². The largest absolute Gasteiger partial charge is 0.327 e. The van der Waals surface area contributed by atoms with Crippen molar-refractivity contribution in [3.63, 3.8) is 0 Å². The second-order valence-corrected chi connectivity index (χ2v) is 3.13. The van der Waals surface area contributed by atoms with Crippen molar-refractivity contribution >= 4 is 34.1 Å². The maximum absolute atomic E-state index is 12.9. The Morgan fingerprint density at radius 3 is 2.40 bits per heavy atom. The molecule has 0 fully saturated rings. The highest BCUT2D eigenvalue weighted by Crippen LogP contribution is 2.33. The number of carbonyl (C=O) groups excluding carboxylic acids is 1. The van der Waals surface area contributed by atoms with Crippen LogP contribution in [0.2, 0.25) is 5.02 Å². The van der Waals surface area contributed by atoms with Gasteiger partial charge in [0.25, 0.3) is 5.24 Å². The van der Waals surface area contributed by atoms with Gasteiger partial charge < -0.3 is 0 Å². The summed E-state index contributed by atoms with van der Waals surface area (Å²) in [6.45, 7) is 0. The molecular formula is C7HCl2F2NO3. The number of nitro groups is 1. The number of halogens is 4. The summed E-state index contributed by atoms with van der Waals surface area (Å²) < 4.78 is 25.7. The lowest BCUT2D eigenvalue weighted by atomic mass is 10.2. The average molecular weight is 256 g/mol.